The Labute approximate surface area is 193 Å². The molecular weight excluding hydrogens is 436 g/mol. The van der Waals surface area contributed by atoms with Crippen LogP contribution in [0.2, 0.25) is 0 Å². The Bertz CT molecular complexity index is 882. The Hall–Kier alpha value is -1.86. The van der Waals surface area contributed by atoms with Gasteiger partial charge in [0, 0.05) is 16.7 Å². The van der Waals surface area contributed by atoms with E-state index in [2.05, 4.69) is 6.92 Å². The van der Waals surface area contributed by atoms with Crippen molar-refractivity contribution >= 4 is 29.5 Å². The number of rotatable bonds is 4. The monoisotopic (exact) mass is 466 g/mol. The Morgan fingerprint density at radius 3 is 2.69 bits per heavy atom. The van der Waals surface area contributed by atoms with E-state index in [1.54, 1.807) is 19.1 Å². The maximum atomic E-state index is 13.2. The molecule has 32 heavy (non-hydrogen) atoms. The predicted octanol–water partition coefficient (Wildman–Crippen LogP) is 3.92. The Morgan fingerprint density at radius 1 is 1.25 bits per heavy atom. The second-order valence-corrected chi connectivity index (χ2v) is 10.1. The zero-order valence-electron chi connectivity index (χ0n) is 18.8. The number of allylic oxidation sites excluding steroid dienone is 4. The summed E-state index contributed by atoms with van der Waals surface area (Å²) >= 11 is 5.70. The van der Waals surface area contributed by atoms with Gasteiger partial charge in [0.05, 0.1) is 12.7 Å². The fraction of sp³-hybridized carbons (Fsp3) is 0.708. The number of halogens is 1. The van der Waals surface area contributed by atoms with Crippen molar-refractivity contribution < 1.29 is 33.7 Å². The predicted molar refractivity (Wildman–Crippen MR) is 116 cm³/mol. The standard InChI is InChI=1S/C24H31ClO7/c1-4-30-21(29)32-24(20(28)31-13-25)10-8-17-16-6-5-14-11-15(26)7-9-22(14,2)19(16)18(27)12-23(17,24)3/h7,9,11,16-19,27H,4-6,8,10,12-13H2,1-3H3/t16?,17?,18-,19?,22-,23-,24-/m0/s1. The number of ketones is 1. The van der Waals surface area contributed by atoms with Crippen molar-refractivity contribution in [3.8, 4) is 0 Å². The van der Waals surface area contributed by atoms with Crippen LogP contribution in [0.25, 0.3) is 0 Å². The third kappa shape index (κ3) is 3.23. The van der Waals surface area contributed by atoms with Crippen molar-refractivity contribution in [2.24, 2.45) is 28.6 Å². The first-order chi connectivity index (χ1) is 15.1. The van der Waals surface area contributed by atoms with E-state index in [0.717, 1.165) is 18.4 Å². The zero-order chi connectivity index (χ0) is 23.3. The Kier molecular flexibility index (Phi) is 5.95. The number of fused-ring (bicyclic) bond motifs is 5. The molecule has 0 bridgehead atoms. The van der Waals surface area contributed by atoms with Gasteiger partial charge in [0.2, 0.25) is 5.60 Å². The van der Waals surface area contributed by atoms with Gasteiger partial charge in [-0.1, -0.05) is 37.1 Å². The number of carbonyl (C=O) groups is 3. The summed E-state index contributed by atoms with van der Waals surface area (Å²) in [6.45, 7) is 5.77. The molecule has 0 heterocycles. The first-order valence-electron chi connectivity index (χ1n) is 11.3. The smallest absolute Gasteiger partial charge is 0.446 e. The summed E-state index contributed by atoms with van der Waals surface area (Å²) in [4.78, 5) is 37.5. The van der Waals surface area contributed by atoms with Gasteiger partial charge >= 0.3 is 12.1 Å². The maximum absolute atomic E-state index is 13.2. The van der Waals surface area contributed by atoms with Crippen molar-refractivity contribution in [3.05, 3.63) is 23.8 Å². The van der Waals surface area contributed by atoms with Gasteiger partial charge in [-0.2, -0.15) is 0 Å². The largest absolute Gasteiger partial charge is 0.509 e. The molecule has 0 aromatic heterocycles. The minimum Gasteiger partial charge on any atom is -0.446 e. The lowest BCUT2D eigenvalue weighted by Crippen LogP contribution is -2.62. The fourth-order valence-corrected chi connectivity index (χ4v) is 7.41. The van der Waals surface area contributed by atoms with Crippen LogP contribution in [0.15, 0.2) is 23.8 Å². The van der Waals surface area contributed by atoms with Crippen LogP contribution in [0.1, 0.15) is 52.9 Å². The van der Waals surface area contributed by atoms with Crippen LogP contribution in [0.3, 0.4) is 0 Å². The molecular formula is C24H31ClO7. The number of hydrogen-bond acceptors (Lipinski definition) is 7. The lowest BCUT2D eigenvalue weighted by Gasteiger charge is -2.59. The summed E-state index contributed by atoms with van der Waals surface area (Å²) in [6.07, 6.45) is 6.31. The second-order valence-electron chi connectivity index (χ2n) is 9.90. The Balaban J connectivity index is 1.73. The van der Waals surface area contributed by atoms with Gasteiger partial charge in [-0.25, -0.2) is 9.59 Å². The third-order valence-electron chi connectivity index (χ3n) is 8.65. The number of hydrogen-bond donors (Lipinski definition) is 1. The van der Waals surface area contributed by atoms with Crippen LogP contribution in [0.5, 0.6) is 0 Å². The van der Waals surface area contributed by atoms with Crippen LogP contribution in [-0.2, 0) is 23.8 Å². The van der Waals surface area contributed by atoms with E-state index >= 15 is 0 Å². The molecule has 0 amide bonds. The van der Waals surface area contributed by atoms with E-state index in [-0.39, 0.29) is 49.1 Å². The van der Waals surface area contributed by atoms with Crippen LogP contribution in [0, 0.1) is 28.6 Å². The van der Waals surface area contributed by atoms with Crippen LogP contribution in [0.4, 0.5) is 4.79 Å². The molecule has 4 aliphatic rings. The summed E-state index contributed by atoms with van der Waals surface area (Å²) in [5, 5.41) is 11.5. The number of aliphatic hydroxyl groups is 1. The average Bonchev–Trinajstić information content (AvgIpc) is 3.01. The molecule has 0 aromatic carbocycles. The lowest BCUT2D eigenvalue weighted by atomic mass is 9.46. The molecule has 176 valence electrons. The quantitative estimate of drug-likeness (QED) is 0.495. The number of esters is 1. The van der Waals surface area contributed by atoms with Crippen molar-refractivity contribution in [2.75, 3.05) is 12.7 Å². The van der Waals surface area contributed by atoms with Gasteiger partial charge in [0.15, 0.2) is 11.8 Å². The minimum atomic E-state index is -1.57. The van der Waals surface area contributed by atoms with Crippen molar-refractivity contribution in [3.63, 3.8) is 0 Å². The second kappa shape index (κ2) is 8.17. The summed E-state index contributed by atoms with van der Waals surface area (Å²) in [5.41, 5.74) is -1.76. The molecule has 8 heteroatoms. The van der Waals surface area contributed by atoms with Crippen LogP contribution >= 0.6 is 11.6 Å². The van der Waals surface area contributed by atoms with E-state index < -0.39 is 34.7 Å². The highest BCUT2D eigenvalue weighted by Crippen LogP contribution is 2.68. The molecule has 1 N–H and O–H groups in total. The number of ether oxygens (including phenoxy) is 3. The highest BCUT2D eigenvalue weighted by molar-refractivity contribution is 6.17. The molecule has 4 rings (SSSR count). The topological polar surface area (TPSA) is 99.1 Å². The first-order valence-corrected chi connectivity index (χ1v) is 11.9. The van der Waals surface area contributed by atoms with Crippen molar-refractivity contribution in [2.45, 2.75) is 64.6 Å². The van der Waals surface area contributed by atoms with Gasteiger partial charge in [-0.15, -0.1) is 0 Å². The van der Waals surface area contributed by atoms with Gasteiger partial charge in [-0.3, -0.25) is 4.79 Å². The van der Waals surface area contributed by atoms with Crippen molar-refractivity contribution in [1.29, 1.82) is 0 Å². The van der Waals surface area contributed by atoms with Gasteiger partial charge in [0.25, 0.3) is 0 Å². The Morgan fingerprint density at radius 2 is 2.00 bits per heavy atom. The normalized spacial score (nSPS) is 42.3. The summed E-state index contributed by atoms with van der Waals surface area (Å²) in [6, 6.07) is -0.354. The molecule has 3 unspecified atom stereocenters. The van der Waals surface area contributed by atoms with E-state index in [4.69, 9.17) is 25.8 Å². The molecule has 3 saturated carbocycles. The molecule has 0 aromatic rings. The number of alkyl halides is 1. The zero-order valence-corrected chi connectivity index (χ0v) is 19.5. The highest BCUT2D eigenvalue weighted by atomic mass is 35.5. The summed E-state index contributed by atoms with van der Waals surface area (Å²) < 4.78 is 15.9. The highest BCUT2D eigenvalue weighted by Gasteiger charge is 2.71. The number of carbonyl (C=O) groups excluding carboxylic acids is 3. The molecule has 7 atom stereocenters. The molecule has 3 fully saturated rings. The van der Waals surface area contributed by atoms with E-state index in [9.17, 15) is 19.5 Å². The number of aliphatic hydroxyl groups excluding tert-OH is 1. The average molecular weight is 467 g/mol. The molecule has 7 nitrogen and oxygen atoms in total. The third-order valence-corrected chi connectivity index (χ3v) is 8.76. The minimum absolute atomic E-state index is 0.0161. The van der Waals surface area contributed by atoms with E-state index in [1.165, 1.54) is 0 Å². The fourth-order valence-electron chi connectivity index (χ4n) is 7.31. The van der Waals surface area contributed by atoms with E-state index in [0.29, 0.717) is 6.42 Å². The molecule has 0 spiro atoms. The summed E-state index contributed by atoms with van der Waals surface area (Å²) in [5.74, 6) is -0.676. The molecule has 4 aliphatic carbocycles. The maximum Gasteiger partial charge on any atom is 0.509 e. The SMILES string of the molecule is CCOC(=O)O[C@]1(C(=O)OCCl)CCC2C3CCC4=CC(=O)C=C[C@]4(C)C3[C@@H](O)C[C@@]21C. The molecule has 0 radical (unpaired) electrons. The van der Waals surface area contributed by atoms with Gasteiger partial charge in [-0.05, 0) is 63.0 Å². The first kappa shape index (κ1) is 23.3. The summed E-state index contributed by atoms with van der Waals surface area (Å²) in [7, 11) is 0. The van der Waals surface area contributed by atoms with Gasteiger partial charge < -0.3 is 19.3 Å². The van der Waals surface area contributed by atoms with E-state index in [1.807, 2.05) is 13.0 Å². The van der Waals surface area contributed by atoms with Gasteiger partial charge in [0.1, 0.15) is 0 Å². The van der Waals surface area contributed by atoms with Crippen molar-refractivity contribution in [1.82, 2.24) is 0 Å². The van der Waals surface area contributed by atoms with Crippen LogP contribution in [-0.4, -0.2) is 47.4 Å². The van der Waals surface area contributed by atoms with Crippen LogP contribution < -0.4 is 0 Å². The lowest BCUT2D eigenvalue weighted by molar-refractivity contribution is -0.199. The molecule has 0 saturated heterocycles. The molecule has 0 aliphatic heterocycles.